The summed E-state index contributed by atoms with van der Waals surface area (Å²) in [6.07, 6.45) is 4.86. The maximum Gasteiger partial charge on any atom is 0.249 e. The fraction of sp³-hybridized carbons (Fsp3) is 0.429. The van der Waals surface area contributed by atoms with Gasteiger partial charge in [0.2, 0.25) is 5.95 Å². The number of thiophene rings is 1. The third kappa shape index (κ3) is 2.92. The number of nitrogens with one attached hydrogen (secondary N) is 2. The van der Waals surface area contributed by atoms with Crippen LogP contribution >= 0.6 is 23.1 Å². The number of hydrogen-bond acceptors (Lipinski definition) is 7. The van der Waals surface area contributed by atoms with E-state index in [-0.39, 0.29) is 6.17 Å². The summed E-state index contributed by atoms with van der Waals surface area (Å²) in [4.78, 5) is 1.56. The lowest BCUT2D eigenvalue weighted by Crippen LogP contribution is -2.39. The van der Waals surface area contributed by atoms with Gasteiger partial charge in [0.15, 0.2) is 5.16 Å². The quantitative estimate of drug-likeness (QED) is 0.623. The Morgan fingerprint density at radius 1 is 1.24 bits per heavy atom. The average Bonchev–Trinajstić information content (AvgIpc) is 3.44. The number of benzene rings is 1. The van der Waals surface area contributed by atoms with Crippen molar-refractivity contribution in [2.24, 2.45) is 5.92 Å². The van der Waals surface area contributed by atoms with Crippen molar-refractivity contribution in [2.75, 3.05) is 17.4 Å². The first kappa shape index (κ1) is 17.9. The van der Waals surface area contributed by atoms with Crippen LogP contribution in [0, 0.1) is 5.92 Å². The molecule has 0 spiro atoms. The molecule has 4 heterocycles. The van der Waals surface area contributed by atoms with E-state index in [0.29, 0.717) is 0 Å². The van der Waals surface area contributed by atoms with Crippen LogP contribution < -0.4 is 15.8 Å². The van der Waals surface area contributed by atoms with E-state index in [1.807, 2.05) is 11.3 Å². The van der Waals surface area contributed by atoms with Gasteiger partial charge in [-0.25, -0.2) is 9.99 Å². The van der Waals surface area contributed by atoms with Crippen molar-refractivity contribution in [3.8, 4) is 5.00 Å². The fourth-order valence-corrected chi connectivity index (χ4v) is 6.99. The number of anilines is 1. The van der Waals surface area contributed by atoms with Crippen molar-refractivity contribution in [1.82, 2.24) is 25.5 Å². The van der Waals surface area contributed by atoms with Gasteiger partial charge in [-0.05, 0) is 42.7 Å². The first-order valence-corrected chi connectivity index (χ1v) is 12.1. The van der Waals surface area contributed by atoms with Crippen molar-refractivity contribution in [2.45, 2.75) is 43.9 Å². The van der Waals surface area contributed by atoms with Gasteiger partial charge in [-0.3, -0.25) is 10.3 Å². The molecule has 2 N–H and O–H groups in total. The summed E-state index contributed by atoms with van der Waals surface area (Å²) < 4.78 is 2.29. The second kappa shape index (κ2) is 7.12. The number of nitrogens with zero attached hydrogens (tertiary/aromatic N) is 4. The number of fused-ring (bicyclic) bond motifs is 8. The van der Waals surface area contributed by atoms with E-state index in [1.54, 1.807) is 22.2 Å². The lowest BCUT2D eigenvalue weighted by Gasteiger charge is -2.31. The van der Waals surface area contributed by atoms with Gasteiger partial charge in [0, 0.05) is 16.2 Å². The van der Waals surface area contributed by atoms with E-state index in [9.17, 15) is 0 Å². The van der Waals surface area contributed by atoms with Gasteiger partial charge in [-0.15, -0.1) is 21.5 Å². The Hall–Kier alpha value is -1.87. The predicted octanol–water partition coefficient (Wildman–Crippen LogP) is 3.67. The molecule has 29 heavy (non-hydrogen) atoms. The topological polar surface area (TPSA) is 58.0 Å². The summed E-state index contributed by atoms with van der Waals surface area (Å²) in [6, 6.07) is 10.7. The van der Waals surface area contributed by atoms with Crippen LogP contribution in [-0.2, 0) is 19.3 Å². The molecule has 1 fully saturated rings. The van der Waals surface area contributed by atoms with Crippen molar-refractivity contribution >= 4 is 29.0 Å². The van der Waals surface area contributed by atoms with E-state index in [1.165, 1.54) is 35.4 Å². The summed E-state index contributed by atoms with van der Waals surface area (Å²) in [5.41, 5.74) is 7.83. The summed E-state index contributed by atoms with van der Waals surface area (Å²) in [7, 11) is 0. The highest BCUT2D eigenvalue weighted by molar-refractivity contribution is 7.99. The Morgan fingerprint density at radius 2 is 2.14 bits per heavy atom. The Morgan fingerprint density at radius 3 is 3.03 bits per heavy atom. The number of hydrazine groups is 1. The van der Waals surface area contributed by atoms with Crippen molar-refractivity contribution in [3.05, 3.63) is 51.9 Å². The molecule has 1 unspecified atom stereocenters. The van der Waals surface area contributed by atoms with E-state index in [2.05, 4.69) is 67.8 Å². The van der Waals surface area contributed by atoms with Crippen molar-refractivity contribution in [3.63, 3.8) is 0 Å². The maximum atomic E-state index is 4.58. The van der Waals surface area contributed by atoms with Crippen molar-refractivity contribution in [1.29, 1.82) is 0 Å². The standard InChI is InChI=1S/C21H24N6S2/c1-13-7-8-16-15(11-13)17-18-22-12-23-27(18)20-24-25-21(26(20)19(17)29-16)28-10-9-14-5-3-2-4-6-14/h2-6,13,18,22-23H,7-12H2,1H3/t13-,18?/m1/s1. The first-order chi connectivity index (χ1) is 14.3. The minimum Gasteiger partial charge on any atom is -0.278 e. The average molecular weight is 425 g/mol. The van der Waals surface area contributed by atoms with Crippen LogP contribution in [0.25, 0.3) is 5.00 Å². The Bertz CT molecular complexity index is 1040. The molecule has 3 aromatic rings. The summed E-state index contributed by atoms with van der Waals surface area (Å²) >= 11 is 3.76. The van der Waals surface area contributed by atoms with Crippen molar-refractivity contribution < 1.29 is 0 Å². The van der Waals surface area contributed by atoms with Crippen LogP contribution in [0.1, 0.15) is 41.1 Å². The second-order valence-corrected chi connectivity index (χ2v) is 10.2. The van der Waals surface area contributed by atoms with Gasteiger partial charge in [-0.1, -0.05) is 49.0 Å². The van der Waals surface area contributed by atoms with E-state index in [0.717, 1.165) is 35.9 Å². The molecular weight excluding hydrogens is 400 g/mol. The van der Waals surface area contributed by atoms with Crippen LogP contribution in [0.15, 0.2) is 35.5 Å². The molecule has 0 bridgehead atoms. The molecule has 1 saturated heterocycles. The normalized spacial score (nSPS) is 22.2. The van der Waals surface area contributed by atoms with Gasteiger partial charge < -0.3 is 0 Å². The maximum absolute atomic E-state index is 4.58. The SMILES string of the molecule is C[C@@H]1CCc2sc3c(c2C1)C1NCNN1c1nnc(SCCc2ccccc2)n1-3. The molecule has 150 valence electrons. The highest BCUT2D eigenvalue weighted by atomic mass is 32.2. The number of thioether (sulfide) groups is 1. The largest absolute Gasteiger partial charge is 0.278 e. The summed E-state index contributed by atoms with van der Waals surface area (Å²) in [5.74, 6) is 2.65. The van der Waals surface area contributed by atoms with Crippen LogP contribution in [0.5, 0.6) is 0 Å². The van der Waals surface area contributed by atoms with E-state index in [4.69, 9.17) is 0 Å². The zero-order valence-corrected chi connectivity index (χ0v) is 18.0. The van der Waals surface area contributed by atoms with Crippen LogP contribution in [0.2, 0.25) is 0 Å². The smallest absolute Gasteiger partial charge is 0.249 e. The Balaban J connectivity index is 1.36. The molecule has 0 radical (unpaired) electrons. The summed E-state index contributed by atoms with van der Waals surface area (Å²) in [5, 5.41) is 17.3. The Kier molecular flexibility index (Phi) is 4.41. The van der Waals surface area contributed by atoms with Crippen LogP contribution in [0.4, 0.5) is 5.95 Å². The molecule has 1 aromatic carbocycles. The molecule has 6 nitrogen and oxygen atoms in total. The van der Waals surface area contributed by atoms with Gasteiger partial charge in [0.1, 0.15) is 11.2 Å². The molecule has 2 aliphatic heterocycles. The molecule has 3 aliphatic rings. The fourth-order valence-electron chi connectivity index (χ4n) is 4.64. The Labute approximate surface area is 178 Å². The number of hydrogen-bond donors (Lipinski definition) is 2. The minimum atomic E-state index is 0.161. The predicted molar refractivity (Wildman–Crippen MR) is 118 cm³/mol. The van der Waals surface area contributed by atoms with Gasteiger partial charge in [0.05, 0.1) is 6.67 Å². The lowest BCUT2D eigenvalue weighted by molar-refractivity contribution is 0.495. The third-order valence-corrected chi connectivity index (χ3v) is 8.33. The monoisotopic (exact) mass is 424 g/mol. The van der Waals surface area contributed by atoms with Gasteiger partial charge in [-0.2, -0.15) is 0 Å². The van der Waals surface area contributed by atoms with Gasteiger partial charge in [0.25, 0.3) is 0 Å². The van der Waals surface area contributed by atoms with Crippen LogP contribution in [-0.4, -0.2) is 27.2 Å². The molecular formula is C21H24N6S2. The second-order valence-electron chi connectivity index (χ2n) is 8.08. The molecule has 8 heteroatoms. The first-order valence-electron chi connectivity index (χ1n) is 10.3. The lowest BCUT2D eigenvalue weighted by atomic mass is 9.87. The number of aryl methyl sites for hydroxylation is 2. The number of rotatable bonds is 4. The zero-order valence-electron chi connectivity index (χ0n) is 16.4. The highest BCUT2D eigenvalue weighted by Gasteiger charge is 2.42. The minimum absolute atomic E-state index is 0.161. The molecule has 0 amide bonds. The molecule has 2 atom stereocenters. The molecule has 1 aliphatic carbocycles. The third-order valence-electron chi connectivity index (χ3n) is 6.10. The molecule has 2 aromatic heterocycles. The van der Waals surface area contributed by atoms with Crippen LogP contribution in [0.3, 0.4) is 0 Å². The van der Waals surface area contributed by atoms with Gasteiger partial charge >= 0.3 is 0 Å². The summed E-state index contributed by atoms with van der Waals surface area (Å²) in [6.45, 7) is 3.14. The molecule has 0 saturated carbocycles. The van der Waals surface area contributed by atoms with E-state index >= 15 is 0 Å². The zero-order chi connectivity index (χ0) is 19.4. The molecule has 6 rings (SSSR count). The van der Waals surface area contributed by atoms with E-state index < -0.39 is 0 Å². The number of aromatic nitrogens is 3. The highest BCUT2D eigenvalue weighted by Crippen LogP contribution is 2.48.